The molecule has 2 aliphatic heterocycles. The lowest BCUT2D eigenvalue weighted by molar-refractivity contribution is -0.136. The van der Waals surface area contributed by atoms with Crippen molar-refractivity contribution in [1.29, 1.82) is 0 Å². The highest BCUT2D eigenvalue weighted by Gasteiger charge is 2.42. The minimum absolute atomic E-state index is 0.0465. The van der Waals surface area contributed by atoms with Crippen LogP contribution in [0.5, 0.6) is 5.88 Å². The number of amides is 2. The zero-order valence-electron chi connectivity index (χ0n) is 13.8. The Morgan fingerprint density at radius 3 is 2.62 bits per heavy atom. The molecule has 0 saturated carbocycles. The van der Waals surface area contributed by atoms with Gasteiger partial charge < -0.3 is 14.5 Å². The van der Waals surface area contributed by atoms with Crippen molar-refractivity contribution >= 4 is 11.8 Å². The molecule has 0 N–H and O–H groups in total. The van der Waals surface area contributed by atoms with Gasteiger partial charge in [-0.3, -0.25) is 9.59 Å². The molecule has 3 heterocycles. The molecule has 2 amide bonds. The number of ether oxygens (including phenoxy) is 1. The maximum absolute atomic E-state index is 13.9. The van der Waals surface area contributed by atoms with Crippen LogP contribution in [-0.2, 0) is 4.79 Å². The molecule has 3 rings (SSSR count). The second kappa shape index (κ2) is 7.15. The maximum atomic E-state index is 13.9. The van der Waals surface area contributed by atoms with Crippen molar-refractivity contribution in [1.82, 2.24) is 14.8 Å². The second-order valence-corrected chi connectivity index (χ2v) is 6.28. The number of pyridine rings is 1. The Labute approximate surface area is 140 Å². The van der Waals surface area contributed by atoms with Crippen molar-refractivity contribution < 1.29 is 18.7 Å². The Balaban J connectivity index is 1.76. The molecule has 7 heteroatoms. The van der Waals surface area contributed by atoms with Gasteiger partial charge in [-0.2, -0.15) is 0 Å². The van der Waals surface area contributed by atoms with Crippen LogP contribution >= 0.6 is 0 Å². The number of hydrogen-bond donors (Lipinski definition) is 0. The SMILES string of the molecule is COc1ccc(C(=O)N2C[C@@H](F)C[C@H]2C(=O)N2CCCCC2)cn1. The standard InChI is InChI=1S/C17H22FN3O3/c1-24-15-6-5-12(10-19-15)16(22)21-11-13(18)9-14(21)17(23)20-7-3-2-4-8-20/h5-6,10,13-14H,2-4,7-9,11H2,1H3/t13-,14-/m0/s1. The molecule has 0 radical (unpaired) electrons. The Morgan fingerprint density at radius 1 is 1.25 bits per heavy atom. The molecule has 0 aliphatic carbocycles. The zero-order valence-corrected chi connectivity index (χ0v) is 13.8. The third-order valence-electron chi connectivity index (χ3n) is 4.66. The van der Waals surface area contributed by atoms with Crippen LogP contribution in [0.2, 0.25) is 0 Å². The summed E-state index contributed by atoms with van der Waals surface area (Å²) in [5.74, 6) is -0.0948. The number of methoxy groups -OCH3 is 1. The molecule has 2 aliphatic rings. The largest absolute Gasteiger partial charge is 0.481 e. The first kappa shape index (κ1) is 16.7. The predicted molar refractivity (Wildman–Crippen MR) is 85.6 cm³/mol. The number of nitrogens with zero attached hydrogens (tertiary/aromatic N) is 3. The summed E-state index contributed by atoms with van der Waals surface area (Å²) in [6.45, 7) is 1.34. The number of carbonyl (C=O) groups excluding carboxylic acids is 2. The smallest absolute Gasteiger partial charge is 0.256 e. The first-order valence-corrected chi connectivity index (χ1v) is 8.34. The van der Waals surface area contributed by atoms with E-state index in [0.717, 1.165) is 19.3 Å². The van der Waals surface area contributed by atoms with E-state index in [1.165, 1.54) is 18.2 Å². The molecule has 0 spiro atoms. The number of alkyl halides is 1. The quantitative estimate of drug-likeness (QED) is 0.843. The van der Waals surface area contributed by atoms with E-state index in [1.54, 1.807) is 17.0 Å². The highest BCUT2D eigenvalue weighted by Crippen LogP contribution is 2.25. The first-order valence-electron chi connectivity index (χ1n) is 8.34. The van der Waals surface area contributed by atoms with Crippen molar-refractivity contribution in [3.63, 3.8) is 0 Å². The Bertz CT molecular complexity index is 602. The van der Waals surface area contributed by atoms with Crippen molar-refractivity contribution in [2.24, 2.45) is 0 Å². The number of likely N-dealkylation sites (tertiary alicyclic amines) is 2. The van der Waals surface area contributed by atoms with Gasteiger partial charge in [0.2, 0.25) is 11.8 Å². The van der Waals surface area contributed by atoms with Gasteiger partial charge in [-0.1, -0.05) is 0 Å². The van der Waals surface area contributed by atoms with Gasteiger partial charge in [0.1, 0.15) is 12.2 Å². The average molecular weight is 335 g/mol. The van der Waals surface area contributed by atoms with Crippen LogP contribution in [0.15, 0.2) is 18.3 Å². The summed E-state index contributed by atoms with van der Waals surface area (Å²) in [7, 11) is 1.49. The van der Waals surface area contributed by atoms with Gasteiger partial charge in [-0.05, 0) is 25.3 Å². The van der Waals surface area contributed by atoms with Crippen LogP contribution in [0.3, 0.4) is 0 Å². The van der Waals surface area contributed by atoms with Gasteiger partial charge in [-0.25, -0.2) is 9.37 Å². The van der Waals surface area contributed by atoms with E-state index in [9.17, 15) is 14.0 Å². The monoisotopic (exact) mass is 335 g/mol. The van der Waals surface area contributed by atoms with E-state index in [1.807, 2.05) is 0 Å². The van der Waals surface area contributed by atoms with Gasteiger partial charge in [0, 0.05) is 31.8 Å². The third kappa shape index (κ3) is 3.34. The summed E-state index contributed by atoms with van der Waals surface area (Å²) in [5.41, 5.74) is 0.335. The lowest BCUT2D eigenvalue weighted by atomic mass is 10.1. The van der Waals surface area contributed by atoms with Crippen LogP contribution in [0.4, 0.5) is 4.39 Å². The summed E-state index contributed by atoms with van der Waals surface area (Å²) in [6.07, 6.45) is 3.35. The molecule has 0 unspecified atom stereocenters. The molecule has 2 saturated heterocycles. The zero-order chi connectivity index (χ0) is 17.1. The topological polar surface area (TPSA) is 62.7 Å². The van der Waals surface area contributed by atoms with Crippen LogP contribution in [0.25, 0.3) is 0 Å². The molecule has 2 fully saturated rings. The van der Waals surface area contributed by atoms with Crippen LogP contribution in [0, 0.1) is 0 Å². The number of piperidine rings is 1. The number of aromatic nitrogens is 1. The van der Waals surface area contributed by atoms with E-state index in [-0.39, 0.29) is 24.8 Å². The molecule has 130 valence electrons. The Hall–Kier alpha value is -2.18. The summed E-state index contributed by atoms with van der Waals surface area (Å²) >= 11 is 0. The summed E-state index contributed by atoms with van der Waals surface area (Å²) in [4.78, 5) is 32.5. The molecule has 1 aromatic heterocycles. The Morgan fingerprint density at radius 2 is 2.00 bits per heavy atom. The molecular formula is C17H22FN3O3. The van der Waals surface area contributed by atoms with Gasteiger partial charge in [0.05, 0.1) is 19.2 Å². The average Bonchev–Trinajstić information content (AvgIpc) is 3.03. The van der Waals surface area contributed by atoms with E-state index in [0.29, 0.717) is 24.5 Å². The van der Waals surface area contributed by atoms with E-state index < -0.39 is 12.2 Å². The van der Waals surface area contributed by atoms with Crippen molar-refractivity contribution in [3.05, 3.63) is 23.9 Å². The van der Waals surface area contributed by atoms with Crippen LogP contribution in [0.1, 0.15) is 36.0 Å². The van der Waals surface area contributed by atoms with E-state index >= 15 is 0 Å². The van der Waals surface area contributed by atoms with E-state index in [4.69, 9.17) is 4.74 Å². The number of hydrogen-bond acceptors (Lipinski definition) is 4. The molecular weight excluding hydrogens is 313 g/mol. The molecule has 24 heavy (non-hydrogen) atoms. The lowest BCUT2D eigenvalue weighted by Gasteiger charge is -2.32. The highest BCUT2D eigenvalue weighted by molar-refractivity contribution is 5.97. The summed E-state index contributed by atoms with van der Waals surface area (Å²) < 4.78 is 18.9. The number of halogens is 1. The number of rotatable bonds is 3. The fourth-order valence-corrected chi connectivity index (χ4v) is 3.36. The van der Waals surface area contributed by atoms with Crippen LogP contribution < -0.4 is 4.74 Å². The molecule has 6 nitrogen and oxygen atoms in total. The molecule has 0 bridgehead atoms. The second-order valence-electron chi connectivity index (χ2n) is 6.28. The van der Waals surface area contributed by atoms with Gasteiger partial charge >= 0.3 is 0 Å². The minimum atomic E-state index is -1.17. The van der Waals surface area contributed by atoms with Crippen molar-refractivity contribution in [2.75, 3.05) is 26.7 Å². The normalized spacial score (nSPS) is 24.1. The fourth-order valence-electron chi connectivity index (χ4n) is 3.36. The maximum Gasteiger partial charge on any atom is 0.256 e. The molecule has 1 aromatic rings. The van der Waals surface area contributed by atoms with Crippen LogP contribution in [-0.4, -0.2) is 65.6 Å². The lowest BCUT2D eigenvalue weighted by Crippen LogP contribution is -2.49. The van der Waals surface area contributed by atoms with Crippen molar-refractivity contribution in [2.45, 2.75) is 37.9 Å². The fraction of sp³-hybridized carbons (Fsp3) is 0.588. The minimum Gasteiger partial charge on any atom is -0.481 e. The summed E-state index contributed by atoms with van der Waals surface area (Å²) in [5, 5.41) is 0. The highest BCUT2D eigenvalue weighted by atomic mass is 19.1. The van der Waals surface area contributed by atoms with Gasteiger partial charge in [-0.15, -0.1) is 0 Å². The summed E-state index contributed by atoms with van der Waals surface area (Å²) in [6, 6.07) is 2.45. The van der Waals surface area contributed by atoms with Gasteiger partial charge in [0.25, 0.3) is 5.91 Å². The first-order chi connectivity index (χ1) is 11.6. The Kier molecular flexibility index (Phi) is 4.97. The molecule has 0 aromatic carbocycles. The third-order valence-corrected chi connectivity index (χ3v) is 4.66. The number of carbonyl (C=O) groups is 2. The van der Waals surface area contributed by atoms with E-state index in [2.05, 4.69) is 4.98 Å². The van der Waals surface area contributed by atoms with Crippen molar-refractivity contribution in [3.8, 4) is 5.88 Å². The molecule has 2 atom stereocenters. The van der Waals surface area contributed by atoms with Gasteiger partial charge in [0.15, 0.2) is 0 Å². The predicted octanol–water partition coefficient (Wildman–Crippen LogP) is 1.66.